The lowest BCUT2D eigenvalue weighted by Crippen LogP contribution is -1.99. The van der Waals surface area contributed by atoms with Crippen LogP contribution in [0.4, 0.5) is 5.13 Å². The van der Waals surface area contributed by atoms with Gasteiger partial charge < -0.3 is 5.32 Å². The van der Waals surface area contributed by atoms with Crippen LogP contribution in [-0.2, 0) is 6.42 Å². The predicted octanol–water partition coefficient (Wildman–Crippen LogP) is 2.87. The molecule has 0 aliphatic rings. The number of hydrogen-bond donors (Lipinski definition) is 1. The fourth-order valence-electron chi connectivity index (χ4n) is 1.08. The summed E-state index contributed by atoms with van der Waals surface area (Å²) >= 11 is 1.45. The van der Waals surface area contributed by atoms with Crippen molar-refractivity contribution in [3.05, 3.63) is 18.0 Å². The Kier molecular flexibility index (Phi) is 5.22. The Morgan fingerprint density at radius 2 is 2.36 bits per heavy atom. The van der Waals surface area contributed by atoms with Gasteiger partial charge in [-0.3, -0.25) is 0 Å². The molecule has 0 amide bonds. The molecule has 0 unspecified atom stereocenters. The lowest BCUT2D eigenvalue weighted by atomic mass is 10.3. The number of nitrogens with one attached hydrogen (secondary N) is 1. The van der Waals surface area contributed by atoms with Gasteiger partial charge in [-0.1, -0.05) is 19.1 Å². The van der Waals surface area contributed by atoms with E-state index in [2.05, 4.69) is 33.8 Å². The van der Waals surface area contributed by atoms with E-state index < -0.39 is 0 Å². The van der Waals surface area contributed by atoms with E-state index in [0.29, 0.717) is 0 Å². The fraction of sp³-hybridized carbons (Fsp3) is 0.600. The molecular weight excluding hydrogens is 194 g/mol. The van der Waals surface area contributed by atoms with E-state index in [0.717, 1.165) is 36.8 Å². The van der Waals surface area contributed by atoms with Crippen molar-refractivity contribution in [3.8, 4) is 0 Å². The lowest BCUT2D eigenvalue weighted by molar-refractivity contribution is 0.861. The van der Waals surface area contributed by atoms with Crippen molar-refractivity contribution in [3.63, 3.8) is 0 Å². The molecule has 0 fully saturated rings. The van der Waals surface area contributed by atoms with Crippen molar-refractivity contribution < 1.29 is 0 Å². The van der Waals surface area contributed by atoms with E-state index in [1.165, 1.54) is 11.5 Å². The molecule has 1 aromatic heterocycles. The molecule has 0 bridgehead atoms. The second kappa shape index (κ2) is 6.54. The van der Waals surface area contributed by atoms with Gasteiger partial charge in [-0.15, -0.1) is 0 Å². The first-order valence-electron chi connectivity index (χ1n) is 5.04. The van der Waals surface area contributed by atoms with Gasteiger partial charge in [0.05, 0.1) is 0 Å². The van der Waals surface area contributed by atoms with E-state index in [-0.39, 0.29) is 0 Å². The molecule has 1 rings (SSSR count). The number of anilines is 1. The highest BCUT2D eigenvalue weighted by atomic mass is 32.1. The van der Waals surface area contributed by atoms with Gasteiger partial charge in [0.1, 0.15) is 5.82 Å². The fourth-order valence-corrected chi connectivity index (χ4v) is 1.72. The van der Waals surface area contributed by atoms with Crippen molar-refractivity contribution >= 4 is 16.7 Å². The van der Waals surface area contributed by atoms with Gasteiger partial charge in [0.25, 0.3) is 0 Å². The van der Waals surface area contributed by atoms with Crippen LogP contribution in [0.3, 0.4) is 0 Å². The maximum atomic E-state index is 4.37. The third kappa shape index (κ3) is 3.87. The molecule has 0 aliphatic heterocycles. The summed E-state index contributed by atoms with van der Waals surface area (Å²) in [4.78, 5) is 4.37. The van der Waals surface area contributed by atoms with Crippen LogP contribution in [0, 0.1) is 0 Å². The molecule has 4 heteroatoms. The summed E-state index contributed by atoms with van der Waals surface area (Å²) < 4.78 is 4.25. The summed E-state index contributed by atoms with van der Waals surface area (Å²) in [6.07, 6.45) is 7.33. The standard InChI is InChI=1S/C10H17N3S/c1-3-5-6-8-11-10-12-9(7-4-2)13-14-10/h3,5H,4,6-8H2,1-2H3,(H,11,12,13)/b5-3+. The minimum atomic E-state index is 0.936. The zero-order valence-corrected chi connectivity index (χ0v) is 9.60. The van der Waals surface area contributed by atoms with E-state index in [1.807, 2.05) is 6.92 Å². The molecule has 3 nitrogen and oxygen atoms in total. The highest BCUT2D eigenvalue weighted by Crippen LogP contribution is 2.11. The second-order valence-electron chi connectivity index (χ2n) is 3.05. The molecular formula is C10H17N3S. The third-order valence-corrected chi connectivity index (χ3v) is 2.48. The van der Waals surface area contributed by atoms with Crippen molar-refractivity contribution in [1.29, 1.82) is 0 Å². The number of rotatable bonds is 6. The van der Waals surface area contributed by atoms with Gasteiger partial charge in [0.2, 0.25) is 5.13 Å². The van der Waals surface area contributed by atoms with Crippen LogP contribution in [0.15, 0.2) is 12.2 Å². The smallest absolute Gasteiger partial charge is 0.202 e. The number of aromatic nitrogens is 2. The van der Waals surface area contributed by atoms with Crippen LogP contribution in [0.2, 0.25) is 0 Å². The average Bonchev–Trinajstić information content (AvgIpc) is 2.61. The number of nitrogens with zero attached hydrogens (tertiary/aromatic N) is 2. The molecule has 14 heavy (non-hydrogen) atoms. The first kappa shape index (κ1) is 11.2. The number of allylic oxidation sites excluding steroid dienone is 1. The molecule has 0 aliphatic carbocycles. The van der Waals surface area contributed by atoms with Crippen LogP contribution in [0.1, 0.15) is 32.5 Å². The topological polar surface area (TPSA) is 37.8 Å². The SMILES string of the molecule is C/C=C/CCNc1nc(CCC)ns1. The quantitative estimate of drug-likeness (QED) is 0.581. The summed E-state index contributed by atoms with van der Waals surface area (Å²) in [6.45, 7) is 5.11. The normalized spacial score (nSPS) is 11.0. The summed E-state index contributed by atoms with van der Waals surface area (Å²) in [5, 5.41) is 4.19. The van der Waals surface area contributed by atoms with E-state index >= 15 is 0 Å². The molecule has 0 saturated carbocycles. The van der Waals surface area contributed by atoms with E-state index in [1.54, 1.807) is 0 Å². The molecule has 78 valence electrons. The summed E-state index contributed by atoms with van der Waals surface area (Å²) in [5.41, 5.74) is 0. The Balaban J connectivity index is 2.28. The first-order valence-corrected chi connectivity index (χ1v) is 5.81. The Morgan fingerprint density at radius 1 is 1.50 bits per heavy atom. The van der Waals surface area contributed by atoms with E-state index in [9.17, 15) is 0 Å². The number of aryl methyl sites for hydroxylation is 1. The van der Waals surface area contributed by atoms with Gasteiger partial charge >= 0.3 is 0 Å². The van der Waals surface area contributed by atoms with Crippen LogP contribution in [0.5, 0.6) is 0 Å². The van der Waals surface area contributed by atoms with E-state index in [4.69, 9.17) is 0 Å². The predicted molar refractivity (Wildman–Crippen MR) is 61.8 cm³/mol. The monoisotopic (exact) mass is 211 g/mol. The van der Waals surface area contributed by atoms with Gasteiger partial charge in [0.15, 0.2) is 0 Å². The Bertz CT molecular complexity index is 281. The highest BCUT2D eigenvalue weighted by Gasteiger charge is 2.00. The average molecular weight is 211 g/mol. The van der Waals surface area contributed by atoms with Crippen molar-refractivity contribution in [2.24, 2.45) is 0 Å². The zero-order valence-electron chi connectivity index (χ0n) is 8.79. The van der Waals surface area contributed by atoms with Crippen molar-refractivity contribution in [2.75, 3.05) is 11.9 Å². The summed E-state index contributed by atoms with van der Waals surface area (Å²) in [6, 6.07) is 0. The Morgan fingerprint density at radius 3 is 3.07 bits per heavy atom. The zero-order chi connectivity index (χ0) is 10.2. The maximum absolute atomic E-state index is 4.37. The van der Waals surface area contributed by atoms with Gasteiger partial charge in [-0.2, -0.15) is 4.37 Å². The molecule has 0 radical (unpaired) electrons. The molecule has 0 saturated heterocycles. The molecule has 0 atom stereocenters. The molecule has 1 heterocycles. The van der Waals surface area contributed by atoms with Crippen LogP contribution in [0.25, 0.3) is 0 Å². The maximum Gasteiger partial charge on any atom is 0.202 e. The molecule has 1 aromatic rings. The minimum Gasteiger partial charge on any atom is -0.360 e. The largest absolute Gasteiger partial charge is 0.360 e. The van der Waals surface area contributed by atoms with Crippen LogP contribution < -0.4 is 5.32 Å². The van der Waals surface area contributed by atoms with Gasteiger partial charge in [0, 0.05) is 24.5 Å². The van der Waals surface area contributed by atoms with Crippen molar-refractivity contribution in [2.45, 2.75) is 33.1 Å². The molecule has 0 spiro atoms. The van der Waals surface area contributed by atoms with Crippen LogP contribution >= 0.6 is 11.5 Å². The Labute approximate surface area is 89.4 Å². The summed E-state index contributed by atoms with van der Waals surface area (Å²) in [5.74, 6) is 0.964. The minimum absolute atomic E-state index is 0.936. The third-order valence-electron chi connectivity index (χ3n) is 1.76. The highest BCUT2D eigenvalue weighted by molar-refractivity contribution is 7.09. The van der Waals surface area contributed by atoms with Gasteiger partial charge in [-0.05, 0) is 19.8 Å². The van der Waals surface area contributed by atoms with Crippen molar-refractivity contribution in [1.82, 2.24) is 9.36 Å². The second-order valence-corrected chi connectivity index (χ2v) is 3.80. The lowest BCUT2D eigenvalue weighted by Gasteiger charge is -1.96. The molecule has 1 N–H and O–H groups in total. The Hall–Kier alpha value is -0.900. The van der Waals surface area contributed by atoms with Gasteiger partial charge in [-0.25, -0.2) is 4.98 Å². The number of hydrogen-bond acceptors (Lipinski definition) is 4. The molecule has 0 aromatic carbocycles. The van der Waals surface area contributed by atoms with Crippen LogP contribution in [-0.4, -0.2) is 15.9 Å². The first-order chi connectivity index (χ1) is 6.86. The summed E-state index contributed by atoms with van der Waals surface area (Å²) in [7, 11) is 0.